The Bertz CT molecular complexity index is 1230. The molecule has 184 valence electrons. The Morgan fingerprint density at radius 2 is 1.53 bits per heavy atom. The lowest BCUT2D eigenvalue weighted by atomic mass is 9.98. The number of nitrogens with zero attached hydrogens (tertiary/aromatic N) is 1. The number of carbonyl (C=O) groups excluding carboxylic acids is 2. The van der Waals surface area contributed by atoms with Gasteiger partial charge in [-0.15, -0.1) is 0 Å². The first kappa shape index (κ1) is 23.6. The average Bonchev–Trinajstić information content (AvgIpc) is 3.51. The molecule has 5 rings (SSSR count). The lowest BCUT2D eigenvalue weighted by Crippen LogP contribution is -2.52. The molecule has 0 saturated carbocycles. The number of rotatable bonds is 7. The number of carboxylic acid groups (broad SMARTS) is 1. The summed E-state index contributed by atoms with van der Waals surface area (Å²) in [6.45, 7) is 0.487. The van der Waals surface area contributed by atoms with E-state index in [1.807, 2.05) is 66.7 Å². The van der Waals surface area contributed by atoms with Gasteiger partial charge in [-0.1, -0.05) is 78.9 Å². The van der Waals surface area contributed by atoms with E-state index >= 15 is 0 Å². The number of ether oxygens (including phenoxy) is 1. The second-order valence-electron chi connectivity index (χ2n) is 9.24. The fourth-order valence-corrected chi connectivity index (χ4v) is 5.32. The molecule has 2 atom stereocenters. The van der Waals surface area contributed by atoms with E-state index in [-0.39, 0.29) is 18.9 Å². The zero-order chi connectivity index (χ0) is 25.1. The third kappa shape index (κ3) is 4.69. The molecule has 1 saturated heterocycles. The predicted molar refractivity (Wildman–Crippen MR) is 135 cm³/mol. The van der Waals surface area contributed by atoms with E-state index < -0.39 is 30.1 Å². The van der Waals surface area contributed by atoms with Crippen LogP contribution >= 0.6 is 0 Å². The summed E-state index contributed by atoms with van der Waals surface area (Å²) in [6, 6.07) is 23.7. The third-order valence-corrected chi connectivity index (χ3v) is 7.04. The molecule has 1 heterocycles. The van der Waals surface area contributed by atoms with Crippen molar-refractivity contribution in [3.05, 3.63) is 95.6 Å². The molecule has 2 amide bonds. The van der Waals surface area contributed by atoms with Crippen molar-refractivity contribution in [2.75, 3.05) is 13.2 Å². The van der Waals surface area contributed by atoms with Gasteiger partial charge in [0, 0.05) is 18.9 Å². The minimum Gasteiger partial charge on any atom is -0.480 e. The van der Waals surface area contributed by atoms with Crippen molar-refractivity contribution in [3.8, 4) is 11.1 Å². The Balaban J connectivity index is 1.31. The zero-order valence-electron chi connectivity index (χ0n) is 19.8. The van der Waals surface area contributed by atoms with E-state index in [4.69, 9.17) is 4.74 Å². The van der Waals surface area contributed by atoms with Crippen molar-refractivity contribution in [2.24, 2.45) is 0 Å². The smallest absolute Gasteiger partial charge is 0.407 e. The largest absolute Gasteiger partial charge is 0.480 e. The van der Waals surface area contributed by atoms with E-state index in [1.54, 1.807) is 0 Å². The maximum atomic E-state index is 13.4. The first-order valence-electron chi connectivity index (χ1n) is 12.2. The summed E-state index contributed by atoms with van der Waals surface area (Å²) in [4.78, 5) is 39.3. The minimum atomic E-state index is -1.03. The van der Waals surface area contributed by atoms with E-state index in [1.165, 1.54) is 4.90 Å². The van der Waals surface area contributed by atoms with Crippen LogP contribution in [0.1, 0.15) is 35.4 Å². The fraction of sp³-hybridized carbons (Fsp3) is 0.276. The number of alkyl carbamates (subject to hydrolysis) is 1. The van der Waals surface area contributed by atoms with Gasteiger partial charge in [-0.2, -0.15) is 0 Å². The minimum absolute atomic E-state index is 0.0959. The van der Waals surface area contributed by atoms with E-state index in [0.717, 1.165) is 27.8 Å². The van der Waals surface area contributed by atoms with Crippen LogP contribution in [0.3, 0.4) is 0 Å². The van der Waals surface area contributed by atoms with Crippen molar-refractivity contribution >= 4 is 18.0 Å². The Morgan fingerprint density at radius 3 is 2.17 bits per heavy atom. The number of carbonyl (C=O) groups is 3. The molecule has 1 fully saturated rings. The number of hydrogen-bond donors (Lipinski definition) is 2. The Morgan fingerprint density at radius 1 is 0.917 bits per heavy atom. The second-order valence-corrected chi connectivity index (χ2v) is 9.24. The van der Waals surface area contributed by atoms with Crippen LogP contribution in [0.4, 0.5) is 4.79 Å². The van der Waals surface area contributed by atoms with Crippen LogP contribution in [0, 0.1) is 0 Å². The van der Waals surface area contributed by atoms with Crippen molar-refractivity contribution in [3.63, 3.8) is 0 Å². The summed E-state index contributed by atoms with van der Waals surface area (Å²) in [5.74, 6) is -1.53. The molecule has 3 aromatic rings. The summed E-state index contributed by atoms with van der Waals surface area (Å²) >= 11 is 0. The highest BCUT2D eigenvalue weighted by Crippen LogP contribution is 2.44. The summed E-state index contributed by atoms with van der Waals surface area (Å²) in [6.07, 6.45) is 0.569. The lowest BCUT2D eigenvalue weighted by Gasteiger charge is -2.27. The quantitative estimate of drug-likeness (QED) is 0.524. The fourth-order valence-electron chi connectivity index (χ4n) is 5.32. The van der Waals surface area contributed by atoms with E-state index in [0.29, 0.717) is 19.4 Å². The van der Waals surface area contributed by atoms with Gasteiger partial charge in [-0.25, -0.2) is 9.59 Å². The van der Waals surface area contributed by atoms with Gasteiger partial charge in [0.25, 0.3) is 0 Å². The molecule has 3 aromatic carbocycles. The molecular formula is C29H28N2O5. The van der Waals surface area contributed by atoms with Gasteiger partial charge in [0.05, 0.1) is 0 Å². The first-order chi connectivity index (χ1) is 17.5. The number of amides is 2. The number of hydrogen-bond acceptors (Lipinski definition) is 4. The predicted octanol–water partition coefficient (Wildman–Crippen LogP) is 4.21. The van der Waals surface area contributed by atoms with Crippen LogP contribution in [0.2, 0.25) is 0 Å². The number of fused-ring (bicyclic) bond motifs is 3. The van der Waals surface area contributed by atoms with Crippen LogP contribution in [0.5, 0.6) is 0 Å². The lowest BCUT2D eigenvalue weighted by molar-refractivity contribution is -0.148. The molecule has 1 aliphatic carbocycles. The monoisotopic (exact) mass is 484 g/mol. The second kappa shape index (κ2) is 10.2. The van der Waals surface area contributed by atoms with Crippen LogP contribution < -0.4 is 5.32 Å². The van der Waals surface area contributed by atoms with Crippen LogP contribution in [0.15, 0.2) is 78.9 Å². The highest BCUT2D eigenvalue weighted by Gasteiger charge is 2.38. The Kier molecular flexibility index (Phi) is 6.71. The molecule has 7 heteroatoms. The van der Waals surface area contributed by atoms with Crippen LogP contribution in [0.25, 0.3) is 11.1 Å². The zero-order valence-corrected chi connectivity index (χ0v) is 19.8. The van der Waals surface area contributed by atoms with Crippen LogP contribution in [-0.4, -0.2) is 53.2 Å². The Hall–Kier alpha value is -4.13. The van der Waals surface area contributed by atoms with Crippen LogP contribution in [-0.2, 0) is 20.7 Å². The molecule has 0 unspecified atom stereocenters. The van der Waals surface area contributed by atoms with Crippen molar-refractivity contribution in [1.29, 1.82) is 0 Å². The number of carboxylic acids is 1. The molecule has 2 aliphatic rings. The standard InChI is InChI=1S/C29H28N2O5/c32-27(31-16-8-15-26(31)28(33)34)25(17-19-9-2-1-3-10-19)30-29(35)36-18-24-22-13-6-4-11-20(22)21-12-5-7-14-23(21)24/h1-7,9-14,24-26H,8,15-18H2,(H,30,35)(H,33,34)/t25-,26+/m0/s1. The van der Waals surface area contributed by atoms with Crippen molar-refractivity contribution in [2.45, 2.75) is 37.3 Å². The van der Waals surface area contributed by atoms with Gasteiger partial charge in [0.15, 0.2) is 0 Å². The molecule has 1 aliphatic heterocycles. The summed E-state index contributed by atoms with van der Waals surface area (Å²) in [5.41, 5.74) is 5.33. The summed E-state index contributed by atoms with van der Waals surface area (Å²) < 4.78 is 5.66. The molecular weight excluding hydrogens is 456 g/mol. The SMILES string of the molecule is O=C(N[C@@H](Cc1ccccc1)C(=O)N1CCC[C@@H]1C(=O)O)OCC1c2ccccc2-c2ccccc21. The highest BCUT2D eigenvalue weighted by molar-refractivity contribution is 5.90. The normalized spacial score (nSPS) is 17.2. The summed E-state index contributed by atoms with van der Waals surface area (Å²) in [5, 5.41) is 12.3. The first-order valence-corrected chi connectivity index (χ1v) is 12.2. The molecule has 2 N–H and O–H groups in total. The number of aliphatic carboxylic acids is 1. The maximum absolute atomic E-state index is 13.4. The molecule has 7 nitrogen and oxygen atoms in total. The molecule has 0 spiro atoms. The Labute approximate surface area is 209 Å². The number of likely N-dealkylation sites (tertiary alicyclic amines) is 1. The number of nitrogens with one attached hydrogen (secondary N) is 1. The maximum Gasteiger partial charge on any atom is 0.407 e. The van der Waals surface area contributed by atoms with E-state index in [9.17, 15) is 19.5 Å². The van der Waals surface area contributed by atoms with E-state index in [2.05, 4.69) is 17.4 Å². The third-order valence-electron chi connectivity index (χ3n) is 7.04. The van der Waals surface area contributed by atoms with Gasteiger partial charge in [0.1, 0.15) is 18.7 Å². The van der Waals surface area contributed by atoms with Gasteiger partial charge in [-0.3, -0.25) is 4.79 Å². The molecule has 0 radical (unpaired) electrons. The van der Waals surface area contributed by atoms with Gasteiger partial charge in [0.2, 0.25) is 5.91 Å². The van der Waals surface area contributed by atoms with Gasteiger partial charge >= 0.3 is 12.1 Å². The molecule has 0 aromatic heterocycles. The average molecular weight is 485 g/mol. The highest BCUT2D eigenvalue weighted by atomic mass is 16.5. The van der Waals surface area contributed by atoms with Gasteiger partial charge in [-0.05, 0) is 40.7 Å². The molecule has 36 heavy (non-hydrogen) atoms. The van der Waals surface area contributed by atoms with Gasteiger partial charge < -0.3 is 20.1 Å². The molecule has 0 bridgehead atoms. The topological polar surface area (TPSA) is 95.9 Å². The van der Waals surface area contributed by atoms with Crippen molar-refractivity contribution < 1.29 is 24.2 Å². The number of benzene rings is 3. The summed E-state index contributed by atoms with van der Waals surface area (Å²) in [7, 11) is 0. The van der Waals surface area contributed by atoms with Crippen molar-refractivity contribution in [1.82, 2.24) is 10.2 Å².